The molecule has 37 heavy (non-hydrogen) atoms. The number of ether oxygens (including phenoxy) is 1. The molecule has 5 rings (SSSR count). The fourth-order valence-corrected chi connectivity index (χ4v) is 4.89. The van der Waals surface area contributed by atoms with Gasteiger partial charge in [-0.3, -0.25) is 0 Å². The average Bonchev–Trinajstić information content (AvgIpc) is 3.25. The maximum Gasteiger partial charge on any atom is 0.339 e. The number of hydrogen-bond donors (Lipinski definition) is 2. The van der Waals surface area contributed by atoms with Gasteiger partial charge in [0.25, 0.3) is 5.88 Å². The van der Waals surface area contributed by atoms with E-state index in [2.05, 4.69) is 16.8 Å². The predicted molar refractivity (Wildman–Crippen MR) is 144 cm³/mol. The number of fused-ring (bicyclic) bond motifs is 1. The quantitative estimate of drug-likeness (QED) is 0.297. The molecule has 1 aliphatic rings. The number of quaternary nitrogens is 2. The minimum absolute atomic E-state index is 0.415. The molecule has 1 aliphatic heterocycles. The number of benzene rings is 2. The van der Waals surface area contributed by atoms with Crippen LogP contribution >= 0.6 is 0 Å². The first-order valence-corrected chi connectivity index (χ1v) is 12.3. The second-order valence-electron chi connectivity index (χ2n) is 9.42. The summed E-state index contributed by atoms with van der Waals surface area (Å²) in [6.45, 7) is 6.34. The van der Waals surface area contributed by atoms with Gasteiger partial charge in [0.05, 0.1) is 37.6 Å². The molecule has 0 bridgehead atoms. The molecule has 1 saturated heterocycles. The van der Waals surface area contributed by atoms with Crippen LogP contribution in [0.1, 0.15) is 28.7 Å². The van der Waals surface area contributed by atoms with E-state index in [0.717, 1.165) is 47.5 Å². The zero-order valence-corrected chi connectivity index (χ0v) is 21.3. The Morgan fingerprint density at radius 3 is 2.46 bits per heavy atom. The third-order valence-electron chi connectivity index (χ3n) is 6.98. The Hall–Kier alpha value is -4.39. The van der Waals surface area contributed by atoms with Crippen LogP contribution in [0.4, 0.5) is 11.6 Å². The summed E-state index contributed by atoms with van der Waals surface area (Å²) in [4.78, 5) is 14.4. The topological polar surface area (TPSA) is 128 Å². The number of aryl methyl sites for hydroxylation is 3. The van der Waals surface area contributed by atoms with E-state index in [0.29, 0.717) is 45.3 Å². The first kappa shape index (κ1) is 24.3. The molecule has 0 atom stereocenters. The molecular weight excluding hydrogens is 464 g/mol. The lowest BCUT2D eigenvalue weighted by atomic mass is 10.00. The van der Waals surface area contributed by atoms with Gasteiger partial charge in [0.1, 0.15) is 11.4 Å². The van der Waals surface area contributed by atoms with Gasteiger partial charge in [-0.15, -0.1) is 4.98 Å². The summed E-state index contributed by atoms with van der Waals surface area (Å²) >= 11 is 0. The van der Waals surface area contributed by atoms with E-state index in [4.69, 9.17) is 20.1 Å². The molecular formula is C28H30N8O+2. The molecule has 4 aromatic rings. The summed E-state index contributed by atoms with van der Waals surface area (Å²) in [5, 5.41) is 17.0. The molecule has 0 aliphatic carbocycles. The van der Waals surface area contributed by atoms with E-state index in [9.17, 15) is 5.26 Å². The Morgan fingerprint density at radius 2 is 1.89 bits per heavy atom. The lowest BCUT2D eigenvalue weighted by molar-refractivity contribution is -0.352. The van der Waals surface area contributed by atoms with Gasteiger partial charge >= 0.3 is 5.95 Å². The third-order valence-corrected chi connectivity index (χ3v) is 6.98. The van der Waals surface area contributed by atoms with Crippen molar-refractivity contribution in [2.45, 2.75) is 20.3 Å². The van der Waals surface area contributed by atoms with Crippen LogP contribution in [-0.4, -0.2) is 45.4 Å². The Bertz CT molecular complexity index is 1550. The summed E-state index contributed by atoms with van der Waals surface area (Å²) in [5.74, 6) is 1.78. The van der Waals surface area contributed by atoms with E-state index in [1.165, 1.54) is 6.21 Å². The third kappa shape index (κ3) is 4.16. The highest BCUT2D eigenvalue weighted by Crippen LogP contribution is 2.41. The average molecular weight is 495 g/mol. The molecule has 3 heterocycles. The Balaban J connectivity index is 1.61. The second-order valence-corrected chi connectivity index (χ2v) is 9.42. The maximum absolute atomic E-state index is 9.23. The zero-order valence-electron chi connectivity index (χ0n) is 21.3. The molecule has 2 aromatic carbocycles. The van der Waals surface area contributed by atoms with Crippen LogP contribution < -0.4 is 15.0 Å². The number of nitriles is 1. The SMILES string of the molecule is Cc1cc(C(C=N)=CC[NH3+])cc(C)c1Oc1nc([N+]2(c3ccc(C#N)cc3)CCC2)nc2c1ncn2C. The molecule has 2 aromatic heterocycles. The fraction of sp³-hybridized carbons (Fsp3) is 0.250. The number of nitrogens with one attached hydrogen (secondary N) is 1. The Labute approximate surface area is 215 Å². The second kappa shape index (κ2) is 9.58. The summed E-state index contributed by atoms with van der Waals surface area (Å²) in [6, 6.07) is 13.9. The van der Waals surface area contributed by atoms with Crippen molar-refractivity contribution in [3.05, 3.63) is 71.1 Å². The molecule has 0 radical (unpaired) electrons. The summed E-state index contributed by atoms with van der Waals surface area (Å²) in [6.07, 6.45) is 6.07. The number of nitrogens with zero attached hydrogens (tertiary/aromatic N) is 6. The molecule has 0 spiro atoms. The molecule has 9 heteroatoms. The van der Waals surface area contributed by atoms with Crippen LogP contribution in [-0.2, 0) is 7.05 Å². The largest absolute Gasteiger partial charge is 0.436 e. The van der Waals surface area contributed by atoms with E-state index < -0.39 is 0 Å². The number of imidazole rings is 1. The van der Waals surface area contributed by atoms with Crippen molar-refractivity contribution in [1.82, 2.24) is 24.0 Å². The first-order valence-electron chi connectivity index (χ1n) is 12.3. The van der Waals surface area contributed by atoms with Crippen LogP contribution in [0.2, 0.25) is 0 Å². The Morgan fingerprint density at radius 1 is 1.19 bits per heavy atom. The fourth-order valence-electron chi connectivity index (χ4n) is 4.89. The van der Waals surface area contributed by atoms with Crippen molar-refractivity contribution in [3.63, 3.8) is 0 Å². The Kier molecular flexibility index (Phi) is 6.29. The minimum Gasteiger partial charge on any atom is -0.436 e. The van der Waals surface area contributed by atoms with Gasteiger partial charge in [0, 0.05) is 37.4 Å². The number of hydrogen-bond acceptors (Lipinski definition) is 6. The van der Waals surface area contributed by atoms with Gasteiger partial charge in [-0.2, -0.15) is 10.2 Å². The van der Waals surface area contributed by atoms with Gasteiger partial charge in [-0.1, -0.05) is 0 Å². The molecule has 4 N–H and O–H groups in total. The van der Waals surface area contributed by atoms with Crippen molar-refractivity contribution in [1.29, 1.82) is 10.7 Å². The number of rotatable bonds is 7. The zero-order chi connectivity index (χ0) is 26.2. The van der Waals surface area contributed by atoms with Crippen LogP contribution in [0.3, 0.4) is 0 Å². The highest BCUT2D eigenvalue weighted by atomic mass is 16.5. The van der Waals surface area contributed by atoms with Crippen molar-refractivity contribution in [3.8, 4) is 17.7 Å². The molecule has 1 fully saturated rings. The lowest BCUT2D eigenvalue weighted by Gasteiger charge is -2.42. The van der Waals surface area contributed by atoms with Crippen LogP contribution in [0.15, 0.2) is 48.8 Å². The van der Waals surface area contributed by atoms with Gasteiger partial charge < -0.3 is 20.4 Å². The van der Waals surface area contributed by atoms with Crippen molar-refractivity contribution >= 4 is 34.6 Å². The normalized spacial score (nSPS) is 14.7. The predicted octanol–water partition coefficient (Wildman–Crippen LogP) is 3.96. The van der Waals surface area contributed by atoms with Gasteiger partial charge in [0.15, 0.2) is 11.2 Å². The van der Waals surface area contributed by atoms with E-state index in [1.807, 2.05) is 67.9 Å². The molecule has 9 nitrogen and oxygen atoms in total. The van der Waals surface area contributed by atoms with Gasteiger partial charge in [-0.25, -0.2) is 9.47 Å². The number of aromatic nitrogens is 4. The smallest absolute Gasteiger partial charge is 0.339 e. The van der Waals surface area contributed by atoms with Crippen molar-refractivity contribution in [2.24, 2.45) is 7.05 Å². The summed E-state index contributed by atoms with van der Waals surface area (Å²) in [7, 11) is 1.91. The van der Waals surface area contributed by atoms with Gasteiger partial charge in [-0.05, 0) is 60.9 Å². The van der Waals surface area contributed by atoms with E-state index in [1.54, 1.807) is 6.33 Å². The molecule has 0 amide bonds. The minimum atomic E-state index is 0.415. The van der Waals surface area contributed by atoms with Crippen molar-refractivity contribution < 1.29 is 10.5 Å². The number of allylic oxidation sites excluding steroid dienone is 1. The van der Waals surface area contributed by atoms with Gasteiger partial charge in [0.2, 0.25) is 0 Å². The summed E-state index contributed by atoms with van der Waals surface area (Å²) < 4.78 is 8.88. The van der Waals surface area contributed by atoms with E-state index >= 15 is 0 Å². The van der Waals surface area contributed by atoms with Crippen LogP contribution in [0.5, 0.6) is 11.6 Å². The molecule has 0 unspecified atom stereocenters. The first-order chi connectivity index (χ1) is 17.9. The standard InChI is InChI=1S/C28H29N8O/c1-18-13-22(21(16-31)9-10-29)14-19(2)25(18)37-27-24-26(35(3)17-32-24)33-28(34-27)36(11-4-12-36)23-7-5-20(15-30)6-8-23/h5-9,13-14,16-17,31H,4,10-12,29H2,1-3H3/q+1/p+1. The van der Waals surface area contributed by atoms with Crippen LogP contribution in [0.25, 0.3) is 16.7 Å². The summed E-state index contributed by atoms with van der Waals surface area (Å²) in [5.41, 5.74) is 10.5. The van der Waals surface area contributed by atoms with Crippen molar-refractivity contribution in [2.75, 3.05) is 19.6 Å². The lowest BCUT2D eigenvalue weighted by Crippen LogP contribution is -2.56. The molecule has 0 saturated carbocycles. The highest BCUT2D eigenvalue weighted by molar-refractivity contribution is 6.08. The monoisotopic (exact) mass is 494 g/mol. The van der Waals surface area contributed by atoms with E-state index in [-0.39, 0.29) is 0 Å². The maximum atomic E-state index is 9.23. The van der Waals surface area contributed by atoms with Crippen LogP contribution in [0, 0.1) is 30.6 Å². The molecule has 186 valence electrons. The highest BCUT2D eigenvalue weighted by Gasteiger charge is 2.44.